The molecule has 0 aliphatic heterocycles. The van der Waals surface area contributed by atoms with E-state index in [4.69, 9.17) is 4.74 Å². The highest BCUT2D eigenvalue weighted by atomic mass is 16.5. The van der Waals surface area contributed by atoms with Crippen molar-refractivity contribution in [3.05, 3.63) is 29.3 Å². The molecule has 2 heteroatoms. The maximum Gasteiger partial charge on any atom is 0.122 e. The zero-order chi connectivity index (χ0) is 15.3. The minimum absolute atomic E-state index is 0.434. The van der Waals surface area contributed by atoms with Crippen molar-refractivity contribution in [3.63, 3.8) is 0 Å². The van der Waals surface area contributed by atoms with E-state index in [0.717, 1.165) is 18.7 Å². The molecule has 0 saturated heterocycles. The third kappa shape index (κ3) is 4.00. The lowest BCUT2D eigenvalue weighted by molar-refractivity contribution is 0.218. The standard InChI is InChI=1S/C19H31NO/c1-5-12-20-18(19(3)10-6-7-11-19)14-16-13-15(2)8-9-17(16)21-4/h8-9,13,18,20H,5-7,10-12,14H2,1-4H3. The third-order valence-electron chi connectivity index (χ3n) is 5.09. The topological polar surface area (TPSA) is 21.3 Å². The summed E-state index contributed by atoms with van der Waals surface area (Å²) in [5, 5.41) is 3.82. The summed E-state index contributed by atoms with van der Waals surface area (Å²) in [6, 6.07) is 7.08. The largest absolute Gasteiger partial charge is 0.496 e. The summed E-state index contributed by atoms with van der Waals surface area (Å²) in [6.07, 6.45) is 7.72. The number of aryl methyl sites for hydroxylation is 1. The van der Waals surface area contributed by atoms with Gasteiger partial charge in [-0.25, -0.2) is 0 Å². The highest BCUT2D eigenvalue weighted by Crippen LogP contribution is 2.42. The van der Waals surface area contributed by atoms with Crippen LogP contribution in [0.15, 0.2) is 18.2 Å². The summed E-state index contributed by atoms with van der Waals surface area (Å²) in [5.41, 5.74) is 3.10. The van der Waals surface area contributed by atoms with Gasteiger partial charge in [0.25, 0.3) is 0 Å². The van der Waals surface area contributed by atoms with Gasteiger partial charge in [0.05, 0.1) is 7.11 Å². The summed E-state index contributed by atoms with van der Waals surface area (Å²) in [5.74, 6) is 1.03. The molecule has 0 bridgehead atoms. The second-order valence-corrected chi connectivity index (χ2v) is 6.89. The molecule has 1 N–H and O–H groups in total. The Labute approximate surface area is 130 Å². The van der Waals surface area contributed by atoms with E-state index in [1.807, 2.05) is 0 Å². The molecule has 0 aromatic heterocycles. The predicted octanol–water partition coefficient (Wildman–Crippen LogP) is 4.49. The molecule has 1 aliphatic carbocycles. The fourth-order valence-corrected chi connectivity index (χ4v) is 3.70. The van der Waals surface area contributed by atoms with Crippen LogP contribution in [0.4, 0.5) is 0 Å². The molecule has 2 rings (SSSR count). The Kier molecular flexibility index (Phi) is 5.69. The number of nitrogens with one attached hydrogen (secondary N) is 1. The molecule has 1 atom stereocenters. The number of methoxy groups -OCH3 is 1. The maximum atomic E-state index is 5.57. The minimum Gasteiger partial charge on any atom is -0.496 e. The Balaban J connectivity index is 2.20. The van der Waals surface area contributed by atoms with E-state index in [-0.39, 0.29) is 0 Å². The van der Waals surface area contributed by atoms with Crippen LogP contribution in [-0.2, 0) is 6.42 Å². The van der Waals surface area contributed by atoms with E-state index in [1.54, 1.807) is 7.11 Å². The van der Waals surface area contributed by atoms with Crippen LogP contribution in [0.1, 0.15) is 57.1 Å². The number of benzene rings is 1. The normalized spacial score (nSPS) is 18.7. The molecule has 1 aliphatic rings. The van der Waals surface area contributed by atoms with E-state index >= 15 is 0 Å². The molecule has 21 heavy (non-hydrogen) atoms. The summed E-state index contributed by atoms with van der Waals surface area (Å²) in [7, 11) is 1.78. The van der Waals surface area contributed by atoms with E-state index in [9.17, 15) is 0 Å². The maximum absolute atomic E-state index is 5.57. The number of ether oxygens (including phenoxy) is 1. The van der Waals surface area contributed by atoms with Crippen molar-refractivity contribution >= 4 is 0 Å². The molecule has 118 valence electrons. The molecule has 1 aromatic carbocycles. The lowest BCUT2D eigenvalue weighted by Crippen LogP contribution is -2.44. The van der Waals surface area contributed by atoms with Gasteiger partial charge in [0, 0.05) is 6.04 Å². The van der Waals surface area contributed by atoms with Crippen molar-refractivity contribution in [2.45, 2.75) is 65.3 Å². The summed E-state index contributed by atoms with van der Waals surface area (Å²) >= 11 is 0. The summed E-state index contributed by atoms with van der Waals surface area (Å²) in [4.78, 5) is 0. The molecule has 0 radical (unpaired) electrons. The average Bonchev–Trinajstić information content (AvgIpc) is 2.91. The number of hydrogen-bond acceptors (Lipinski definition) is 2. The van der Waals surface area contributed by atoms with Crippen LogP contribution in [-0.4, -0.2) is 19.7 Å². The quantitative estimate of drug-likeness (QED) is 0.798. The van der Waals surface area contributed by atoms with Gasteiger partial charge in [-0.3, -0.25) is 0 Å². The fraction of sp³-hybridized carbons (Fsp3) is 0.684. The number of rotatable bonds is 7. The van der Waals surface area contributed by atoms with Crippen LogP contribution in [0.3, 0.4) is 0 Å². The fourth-order valence-electron chi connectivity index (χ4n) is 3.70. The van der Waals surface area contributed by atoms with Crippen molar-refractivity contribution in [1.82, 2.24) is 5.32 Å². The minimum atomic E-state index is 0.434. The Morgan fingerprint density at radius 1 is 1.29 bits per heavy atom. The zero-order valence-corrected chi connectivity index (χ0v) is 14.2. The van der Waals surface area contributed by atoms with Gasteiger partial charge >= 0.3 is 0 Å². The summed E-state index contributed by atoms with van der Waals surface area (Å²) in [6.45, 7) is 7.98. The Bertz CT molecular complexity index is 449. The molecule has 1 unspecified atom stereocenters. The highest BCUT2D eigenvalue weighted by molar-refractivity contribution is 5.37. The van der Waals surface area contributed by atoms with Crippen LogP contribution in [0.25, 0.3) is 0 Å². The van der Waals surface area contributed by atoms with E-state index in [2.05, 4.69) is 44.3 Å². The molecule has 1 saturated carbocycles. The molecule has 1 fully saturated rings. The Morgan fingerprint density at radius 2 is 2.00 bits per heavy atom. The monoisotopic (exact) mass is 289 g/mol. The lowest BCUT2D eigenvalue weighted by Gasteiger charge is -2.35. The van der Waals surface area contributed by atoms with Crippen molar-refractivity contribution in [1.29, 1.82) is 0 Å². The van der Waals surface area contributed by atoms with Gasteiger partial charge in [-0.15, -0.1) is 0 Å². The smallest absolute Gasteiger partial charge is 0.122 e. The molecule has 0 spiro atoms. The molecule has 0 heterocycles. The number of hydrogen-bond donors (Lipinski definition) is 1. The Hall–Kier alpha value is -1.02. The van der Waals surface area contributed by atoms with Gasteiger partial charge in [-0.05, 0) is 56.2 Å². The van der Waals surface area contributed by atoms with Crippen molar-refractivity contribution in [2.24, 2.45) is 5.41 Å². The average molecular weight is 289 g/mol. The van der Waals surface area contributed by atoms with Crippen molar-refractivity contribution < 1.29 is 4.74 Å². The van der Waals surface area contributed by atoms with Crippen LogP contribution < -0.4 is 10.1 Å². The van der Waals surface area contributed by atoms with Gasteiger partial charge in [-0.2, -0.15) is 0 Å². The van der Waals surface area contributed by atoms with Crippen LogP contribution >= 0.6 is 0 Å². The van der Waals surface area contributed by atoms with Gasteiger partial charge in [0.15, 0.2) is 0 Å². The van der Waals surface area contributed by atoms with E-state index < -0.39 is 0 Å². The van der Waals surface area contributed by atoms with Crippen LogP contribution in [0, 0.1) is 12.3 Å². The lowest BCUT2D eigenvalue weighted by atomic mass is 9.77. The first kappa shape index (κ1) is 16.4. The molecule has 2 nitrogen and oxygen atoms in total. The van der Waals surface area contributed by atoms with Gasteiger partial charge in [0.2, 0.25) is 0 Å². The summed E-state index contributed by atoms with van der Waals surface area (Å²) < 4.78 is 5.57. The van der Waals surface area contributed by atoms with Crippen LogP contribution in [0.5, 0.6) is 5.75 Å². The van der Waals surface area contributed by atoms with E-state index in [1.165, 1.54) is 43.2 Å². The predicted molar refractivity (Wildman–Crippen MR) is 90.1 cm³/mol. The third-order valence-corrected chi connectivity index (χ3v) is 5.09. The molecular formula is C19H31NO. The first-order chi connectivity index (χ1) is 10.1. The zero-order valence-electron chi connectivity index (χ0n) is 14.2. The van der Waals surface area contributed by atoms with Gasteiger partial charge < -0.3 is 10.1 Å². The van der Waals surface area contributed by atoms with Crippen molar-refractivity contribution in [2.75, 3.05) is 13.7 Å². The van der Waals surface area contributed by atoms with E-state index in [0.29, 0.717) is 11.5 Å². The molecule has 1 aromatic rings. The first-order valence-corrected chi connectivity index (χ1v) is 8.46. The van der Waals surface area contributed by atoms with Crippen molar-refractivity contribution in [3.8, 4) is 5.75 Å². The second-order valence-electron chi connectivity index (χ2n) is 6.89. The molecular weight excluding hydrogens is 258 g/mol. The second kappa shape index (κ2) is 7.31. The first-order valence-electron chi connectivity index (χ1n) is 8.46. The van der Waals surface area contributed by atoms with Gasteiger partial charge in [0.1, 0.15) is 5.75 Å². The Morgan fingerprint density at radius 3 is 2.62 bits per heavy atom. The highest BCUT2D eigenvalue weighted by Gasteiger charge is 2.36. The van der Waals surface area contributed by atoms with Crippen LogP contribution in [0.2, 0.25) is 0 Å². The van der Waals surface area contributed by atoms with Gasteiger partial charge in [-0.1, -0.05) is 44.4 Å². The molecule has 0 amide bonds. The SMILES string of the molecule is CCCNC(Cc1cc(C)ccc1OC)C1(C)CCCC1.